The van der Waals surface area contributed by atoms with Crippen LogP contribution in [-0.4, -0.2) is 33.8 Å². The number of amides is 1. The first-order chi connectivity index (χ1) is 9.58. The molecule has 1 aromatic rings. The molecule has 1 atom stereocenters. The third-order valence-corrected chi connectivity index (χ3v) is 3.20. The van der Waals surface area contributed by atoms with Crippen molar-refractivity contribution in [3.8, 4) is 17.2 Å². The zero-order chi connectivity index (χ0) is 15.1. The number of hydrogen-bond donors (Lipinski definition) is 1. The highest BCUT2D eigenvalue weighted by Crippen LogP contribution is 2.40. The van der Waals surface area contributed by atoms with E-state index in [-0.39, 0.29) is 5.91 Å². The Morgan fingerprint density at radius 1 is 1.20 bits per heavy atom. The van der Waals surface area contributed by atoms with E-state index >= 15 is 0 Å². The van der Waals surface area contributed by atoms with Gasteiger partial charge in [0.1, 0.15) is 22.6 Å². The van der Waals surface area contributed by atoms with E-state index in [9.17, 15) is 4.79 Å². The van der Waals surface area contributed by atoms with Crippen molar-refractivity contribution in [2.45, 2.75) is 18.7 Å². The van der Waals surface area contributed by atoms with Gasteiger partial charge in [-0.2, -0.15) is 0 Å². The van der Waals surface area contributed by atoms with Crippen LogP contribution in [0.3, 0.4) is 0 Å². The fourth-order valence-corrected chi connectivity index (χ4v) is 2.04. The molecule has 1 aromatic carbocycles. The van der Waals surface area contributed by atoms with Crippen LogP contribution in [0.5, 0.6) is 17.2 Å². The average Bonchev–Trinajstić information content (AvgIpc) is 2.50. The average molecular weight is 302 g/mol. The van der Waals surface area contributed by atoms with Crippen molar-refractivity contribution in [2.24, 2.45) is 0 Å². The fraction of sp³-hybridized carbons (Fsp3) is 0.500. The number of rotatable bonds is 7. The highest BCUT2D eigenvalue weighted by molar-refractivity contribution is 6.31. The van der Waals surface area contributed by atoms with Gasteiger partial charge in [-0.05, 0) is 6.42 Å². The van der Waals surface area contributed by atoms with Crippen LogP contribution in [0.2, 0.25) is 0 Å². The van der Waals surface area contributed by atoms with Crippen molar-refractivity contribution in [3.05, 3.63) is 17.7 Å². The van der Waals surface area contributed by atoms with Gasteiger partial charge in [0.05, 0.1) is 26.9 Å². The normalized spacial score (nSPS) is 11.7. The number of ether oxygens (including phenoxy) is 3. The molecule has 0 heterocycles. The minimum Gasteiger partial charge on any atom is -0.496 e. The molecule has 1 amide bonds. The smallest absolute Gasteiger partial charge is 0.242 e. The molecule has 0 aliphatic rings. The molecule has 0 aliphatic carbocycles. The van der Waals surface area contributed by atoms with Crippen LogP contribution in [0, 0.1) is 0 Å². The van der Waals surface area contributed by atoms with Gasteiger partial charge in [0.25, 0.3) is 0 Å². The van der Waals surface area contributed by atoms with Crippen LogP contribution in [-0.2, 0) is 4.79 Å². The molecule has 20 heavy (non-hydrogen) atoms. The molecule has 0 aromatic heterocycles. The molecule has 1 unspecified atom stereocenters. The number of benzene rings is 1. The summed E-state index contributed by atoms with van der Waals surface area (Å²) < 4.78 is 15.7. The molecule has 6 heteroatoms. The van der Waals surface area contributed by atoms with E-state index in [0.29, 0.717) is 29.4 Å². The molecule has 1 rings (SSSR count). The summed E-state index contributed by atoms with van der Waals surface area (Å²) in [4.78, 5) is 12.0. The summed E-state index contributed by atoms with van der Waals surface area (Å²) in [7, 11) is 4.55. The number of nitrogens with one attached hydrogen (secondary N) is 1. The Morgan fingerprint density at radius 3 is 2.15 bits per heavy atom. The molecule has 1 N–H and O–H groups in total. The van der Waals surface area contributed by atoms with Crippen LogP contribution in [0.15, 0.2) is 12.1 Å². The van der Waals surface area contributed by atoms with Crippen LogP contribution in [0.25, 0.3) is 0 Å². The summed E-state index contributed by atoms with van der Waals surface area (Å²) in [5, 5.41) is 1.86. The van der Waals surface area contributed by atoms with Gasteiger partial charge < -0.3 is 19.5 Å². The zero-order valence-corrected chi connectivity index (χ0v) is 12.9. The lowest BCUT2D eigenvalue weighted by molar-refractivity contribution is -0.120. The molecule has 0 bridgehead atoms. The van der Waals surface area contributed by atoms with Gasteiger partial charge in [0.15, 0.2) is 0 Å². The standard InChI is InChI=1S/C14H20ClNO4/c1-5-6-16-14(17)13(15)12-10(19-3)7-9(18-2)8-11(12)20-4/h7-8,13H,5-6H2,1-4H3,(H,16,17). The molecule has 0 aliphatic heterocycles. The number of hydrogen-bond acceptors (Lipinski definition) is 4. The summed E-state index contributed by atoms with van der Waals surface area (Å²) in [6.45, 7) is 2.54. The van der Waals surface area contributed by atoms with Gasteiger partial charge in [-0.25, -0.2) is 0 Å². The van der Waals surface area contributed by atoms with Crippen LogP contribution >= 0.6 is 11.6 Å². The predicted molar refractivity (Wildman–Crippen MR) is 78.0 cm³/mol. The van der Waals surface area contributed by atoms with E-state index in [1.165, 1.54) is 14.2 Å². The minimum absolute atomic E-state index is 0.282. The monoisotopic (exact) mass is 301 g/mol. The third kappa shape index (κ3) is 3.70. The second kappa shape index (κ2) is 7.85. The molecule has 0 fully saturated rings. The van der Waals surface area contributed by atoms with E-state index in [1.54, 1.807) is 19.2 Å². The van der Waals surface area contributed by atoms with Gasteiger partial charge in [-0.15, -0.1) is 11.6 Å². The Kier molecular flexibility index (Phi) is 6.45. The molecule has 0 saturated heterocycles. The van der Waals surface area contributed by atoms with Gasteiger partial charge >= 0.3 is 0 Å². The van der Waals surface area contributed by atoms with Crippen LogP contribution < -0.4 is 19.5 Å². The van der Waals surface area contributed by atoms with Crippen LogP contribution in [0.4, 0.5) is 0 Å². The van der Waals surface area contributed by atoms with E-state index in [4.69, 9.17) is 25.8 Å². The highest BCUT2D eigenvalue weighted by Gasteiger charge is 2.26. The molecule has 0 saturated carbocycles. The van der Waals surface area contributed by atoms with Crippen molar-refractivity contribution in [2.75, 3.05) is 27.9 Å². The van der Waals surface area contributed by atoms with Gasteiger partial charge in [0, 0.05) is 18.7 Å². The molecule has 5 nitrogen and oxygen atoms in total. The fourth-order valence-electron chi connectivity index (χ4n) is 1.75. The van der Waals surface area contributed by atoms with Crippen molar-refractivity contribution in [1.82, 2.24) is 5.32 Å². The van der Waals surface area contributed by atoms with Gasteiger partial charge in [0.2, 0.25) is 5.91 Å². The van der Waals surface area contributed by atoms with Crippen molar-refractivity contribution >= 4 is 17.5 Å². The number of alkyl halides is 1. The Bertz CT molecular complexity index is 439. The lowest BCUT2D eigenvalue weighted by Gasteiger charge is -2.18. The first-order valence-electron chi connectivity index (χ1n) is 6.30. The number of methoxy groups -OCH3 is 3. The molecule has 0 radical (unpaired) electrons. The largest absolute Gasteiger partial charge is 0.496 e. The SMILES string of the molecule is CCCNC(=O)C(Cl)c1c(OC)cc(OC)cc1OC. The first kappa shape index (κ1) is 16.4. The van der Waals surface area contributed by atoms with Gasteiger partial charge in [-0.3, -0.25) is 4.79 Å². The summed E-state index contributed by atoms with van der Waals surface area (Å²) in [5.74, 6) is 1.19. The van der Waals surface area contributed by atoms with E-state index in [2.05, 4.69) is 5.32 Å². The highest BCUT2D eigenvalue weighted by atomic mass is 35.5. The predicted octanol–water partition coefficient (Wildman–Crippen LogP) is 2.52. The second-order valence-electron chi connectivity index (χ2n) is 4.10. The Balaban J connectivity index is 3.17. The summed E-state index contributed by atoms with van der Waals surface area (Å²) >= 11 is 6.24. The summed E-state index contributed by atoms with van der Waals surface area (Å²) in [6, 6.07) is 3.33. The zero-order valence-electron chi connectivity index (χ0n) is 12.2. The Morgan fingerprint density at radius 2 is 1.75 bits per heavy atom. The number of carbonyl (C=O) groups excluding carboxylic acids is 1. The maximum Gasteiger partial charge on any atom is 0.242 e. The number of carbonyl (C=O) groups is 1. The maximum atomic E-state index is 12.0. The Hall–Kier alpha value is -1.62. The minimum atomic E-state index is -0.891. The third-order valence-electron chi connectivity index (χ3n) is 2.79. The molecule has 112 valence electrons. The lowest BCUT2D eigenvalue weighted by Crippen LogP contribution is -2.28. The first-order valence-corrected chi connectivity index (χ1v) is 6.74. The van der Waals surface area contributed by atoms with E-state index in [0.717, 1.165) is 6.42 Å². The van der Waals surface area contributed by atoms with Crippen molar-refractivity contribution in [1.29, 1.82) is 0 Å². The second-order valence-corrected chi connectivity index (χ2v) is 4.54. The molecular formula is C14H20ClNO4. The summed E-state index contributed by atoms with van der Waals surface area (Å²) in [5.41, 5.74) is 0.492. The summed E-state index contributed by atoms with van der Waals surface area (Å²) in [6.07, 6.45) is 0.840. The van der Waals surface area contributed by atoms with Crippen molar-refractivity contribution in [3.63, 3.8) is 0 Å². The molecular weight excluding hydrogens is 282 g/mol. The van der Waals surface area contributed by atoms with E-state index < -0.39 is 5.38 Å². The lowest BCUT2D eigenvalue weighted by atomic mass is 10.1. The topological polar surface area (TPSA) is 56.8 Å². The van der Waals surface area contributed by atoms with E-state index in [1.807, 2.05) is 6.92 Å². The van der Waals surface area contributed by atoms with Gasteiger partial charge in [-0.1, -0.05) is 6.92 Å². The van der Waals surface area contributed by atoms with Crippen LogP contribution in [0.1, 0.15) is 24.3 Å². The number of halogens is 1. The maximum absolute atomic E-state index is 12.0. The quantitative estimate of drug-likeness (QED) is 0.786. The Labute approximate surface area is 124 Å². The molecule has 0 spiro atoms. The van der Waals surface area contributed by atoms with Crippen molar-refractivity contribution < 1.29 is 19.0 Å².